The Balaban J connectivity index is 2.55. The zero-order valence-electron chi connectivity index (χ0n) is 10.1. The molecule has 88 valence electrons. The summed E-state index contributed by atoms with van der Waals surface area (Å²) in [5, 5.41) is 1.24. The molecule has 2 aromatic rings. The molecule has 0 aliphatic heterocycles. The molecule has 0 saturated carbocycles. The highest BCUT2D eigenvalue weighted by atomic mass is 16.1. The second kappa shape index (κ2) is 5.00. The molecule has 2 heteroatoms. The van der Waals surface area contributed by atoms with E-state index in [1.54, 1.807) is 0 Å². The summed E-state index contributed by atoms with van der Waals surface area (Å²) >= 11 is 0. The quantitative estimate of drug-likeness (QED) is 0.566. The molecule has 0 aliphatic rings. The number of rotatable bonds is 5. The average molecular weight is 227 g/mol. The molecule has 0 spiro atoms. The van der Waals surface area contributed by atoms with Gasteiger partial charge in [0.1, 0.15) is 6.29 Å². The topological polar surface area (TPSA) is 22.0 Å². The lowest BCUT2D eigenvalue weighted by atomic mass is 9.98. The molecule has 1 atom stereocenters. The molecule has 0 amide bonds. The fourth-order valence-corrected chi connectivity index (χ4v) is 2.23. The Kier molecular flexibility index (Phi) is 3.43. The number of aromatic nitrogens is 1. The van der Waals surface area contributed by atoms with Crippen LogP contribution in [0.2, 0.25) is 0 Å². The zero-order valence-corrected chi connectivity index (χ0v) is 10.1. The van der Waals surface area contributed by atoms with Crippen molar-refractivity contribution < 1.29 is 4.79 Å². The smallest absolute Gasteiger partial charge is 0.120 e. The van der Waals surface area contributed by atoms with Crippen molar-refractivity contribution >= 4 is 17.2 Å². The molecule has 0 radical (unpaired) electrons. The molecule has 1 heterocycles. The minimum absolute atomic E-state index is 0.267. The van der Waals surface area contributed by atoms with E-state index in [9.17, 15) is 4.79 Å². The highest BCUT2D eigenvalue weighted by Crippen LogP contribution is 2.29. The van der Waals surface area contributed by atoms with Gasteiger partial charge in [-0.05, 0) is 17.5 Å². The van der Waals surface area contributed by atoms with E-state index in [0.29, 0.717) is 6.42 Å². The summed E-state index contributed by atoms with van der Waals surface area (Å²) in [6.07, 6.45) is 5.59. The molecule has 17 heavy (non-hydrogen) atoms. The third-order valence-electron chi connectivity index (χ3n) is 3.13. The number of hydrogen-bond acceptors (Lipinski definition) is 1. The largest absolute Gasteiger partial charge is 0.343 e. The van der Waals surface area contributed by atoms with Gasteiger partial charge in [-0.25, -0.2) is 0 Å². The van der Waals surface area contributed by atoms with Crippen molar-refractivity contribution in [3.8, 4) is 0 Å². The Morgan fingerprint density at radius 3 is 2.88 bits per heavy atom. The number of benzene rings is 1. The predicted molar refractivity (Wildman–Crippen MR) is 71.2 cm³/mol. The molecule has 0 fully saturated rings. The van der Waals surface area contributed by atoms with Crippen molar-refractivity contribution in [2.45, 2.75) is 25.8 Å². The highest BCUT2D eigenvalue weighted by molar-refractivity contribution is 5.84. The van der Waals surface area contributed by atoms with E-state index in [1.165, 1.54) is 16.5 Å². The number of hydrogen-bond donors (Lipinski definition) is 0. The second-order valence-electron chi connectivity index (χ2n) is 4.35. The first-order valence-corrected chi connectivity index (χ1v) is 5.90. The Hall–Kier alpha value is -1.83. The number of carbonyl (C=O) groups is 1. The Bertz CT molecular complexity index is 539. The molecule has 2 rings (SSSR count). The maximum absolute atomic E-state index is 10.6. The SMILES string of the molecule is C=CCn1cc([C@H](C)CC=O)c2ccccc21. The maximum Gasteiger partial charge on any atom is 0.120 e. The molecule has 0 saturated heterocycles. The van der Waals surface area contributed by atoms with Crippen molar-refractivity contribution in [2.24, 2.45) is 0 Å². The lowest BCUT2D eigenvalue weighted by Gasteiger charge is -2.05. The fourth-order valence-electron chi connectivity index (χ4n) is 2.23. The number of para-hydroxylation sites is 1. The normalized spacial score (nSPS) is 12.5. The van der Waals surface area contributed by atoms with Gasteiger partial charge in [0.2, 0.25) is 0 Å². The standard InChI is InChI=1S/C15H17NO/c1-3-9-16-11-14(12(2)8-10-17)13-6-4-5-7-15(13)16/h3-7,10-12H,1,8-9H2,2H3/t12-/m1/s1. The van der Waals surface area contributed by atoms with Gasteiger partial charge in [-0.2, -0.15) is 0 Å². The van der Waals surface area contributed by atoms with Crippen LogP contribution in [0, 0.1) is 0 Å². The van der Waals surface area contributed by atoms with Crippen LogP contribution in [0.15, 0.2) is 43.1 Å². The first kappa shape index (κ1) is 11.6. The van der Waals surface area contributed by atoms with Crippen molar-refractivity contribution in [1.29, 1.82) is 0 Å². The number of nitrogens with zero attached hydrogens (tertiary/aromatic N) is 1. The highest BCUT2D eigenvalue weighted by Gasteiger charge is 2.12. The Morgan fingerprint density at radius 1 is 1.41 bits per heavy atom. The minimum atomic E-state index is 0.267. The van der Waals surface area contributed by atoms with Gasteiger partial charge in [0, 0.05) is 30.1 Å². The van der Waals surface area contributed by atoms with Crippen molar-refractivity contribution in [3.05, 3.63) is 48.7 Å². The zero-order chi connectivity index (χ0) is 12.3. The van der Waals surface area contributed by atoms with E-state index in [-0.39, 0.29) is 5.92 Å². The maximum atomic E-state index is 10.6. The van der Waals surface area contributed by atoms with Crippen LogP contribution in [0.3, 0.4) is 0 Å². The van der Waals surface area contributed by atoms with Crippen LogP contribution in [0.25, 0.3) is 10.9 Å². The third-order valence-corrected chi connectivity index (χ3v) is 3.13. The van der Waals surface area contributed by atoms with Gasteiger partial charge >= 0.3 is 0 Å². The van der Waals surface area contributed by atoms with E-state index in [2.05, 4.69) is 36.4 Å². The van der Waals surface area contributed by atoms with Crippen molar-refractivity contribution in [2.75, 3.05) is 0 Å². The summed E-state index contributed by atoms with van der Waals surface area (Å²) in [7, 11) is 0. The average Bonchev–Trinajstić information content (AvgIpc) is 2.70. The fraction of sp³-hybridized carbons (Fsp3) is 0.267. The van der Waals surface area contributed by atoms with Gasteiger partial charge in [-0.3, -0.25) is 0 Å². The summed E-state index contributed by atoms with van der Waals surface area (Å²) in [6, 6.07) is 8.30. The van der Waals surface area contributed by atoms with Crippen LogP contribution < -0.4 is 0 Å². The molecule has 0 aliphatic carbocycles. The predicted octanol–water partition coefficient (Wildman–Crippen LogP) is 3.52. The number of aldehydes is 1. The van der Waals surface area contributed by atoms with E-state index in [1.807, 2.05) is 18.2 Å². The monoisotopic (exact) mass is 227 g/mol. The second-order valence-corrected chi connectivity index (χ2v) is 4.35. The summed E-state index contributed by atoms with van der Waals surface area (Å²) in [5.41, 5.74) is 2.45. The van der Waals surface area contributed by atoms with Crippen LogP contribution in [-0.4, -0.2) is 10.9 Å². The Morgan fingerprint density at radius 2 is 2.18 bits per heavy atom. The van der Waals surface area contributed by atoms with Gasteiger partial charge in [-0.15, -0.1) is 6.58 Å². The third kappa shape index (κ3) is 2.16. The lowest BCUT2D eigenvalue weighted by Crippen LogP contribution is -1.94. The van der Waals surface area contributed by atoms with E-state index < -0.39 is 0 Å². The van der Waals surface area contributed by atoms with Crippen molar-refractivity contribution in [1.82, 2.24) is 4.57 Å². The molecule has 1 aromatic carbocycles. The molecular formula is C15H17NO. The molecule has 1 aromatic heterocycles. The summed E-state index contributed by atoms with van der Waals surface area (Å²) in [5.74, 6) is 0.267. The first-order valence-electron chi connectivity index (χ1n) is 5.90. The molecule has 0 N–H and O–H groups in total. The molecular weight excluding hydrogens is 210 g/mol. The van der Waals surface area contributed by atoms with Crippen molar-refractivity contribution in [3.63, 3.8) is 0 Å². The van der Waals surface area contributed by atoms with Crippen LogP contribution in [0.5, 0.6) is 0 Å². The Labute approximate surface area is 102 Å². The van der Waals surface area contributed by atoms with Gasteiger partial charge in [0.25, 0.3) is 0 Å². The van der Waals surface area contributed by atoms with Gasteiger partial charge in [0.15, 0.2) is 0 Å². The summed E-state index contributed by atoms with van der Waals surface area (Å²) in [4.78, 5) is 10.6. The van der Waals surface area contributed by atoms with Crippen LogP contribution in [0.4, 0.5) is 0 Å². The van der Waals surface area contributed by atoms with E-state index in [0.717, 1.165) is 12.8 Å². The van der Waals surface area contributed by atoms with Gasteiger partial charge in [-0.1, -0.05) is 31.2 Å². The van der Waals surface area contributed by atoms with E-state index >= 15 is 0 Å². The first-order chi connectivity index (χ1) is 8.27. The van der Waals surface area contributed by atoms with Gasteiger partial charge in [0.05, 0.1) is 0 Å². The number of carbonyl (C=O) groups excluding carboxylic acids is 1. The molecule has 0 unspecified atom stereocenters. The molecule has 2 nitrogen and oxygen atoms in total. The molecule has 0 bridgehead atoms. The number of fused-ring (bicyclic) bond motifs is 1. The van der Waals surface area contributed by atoms with Crippen LogP contribution in [-0.2, 0) is 11.3 Å². The van der Waals surface area contributed by atoms with Crippen LogP contribution in [0.1, 0.15) is 24.8 Å². The summed E-state index contributed by atoms with van der Waals surface area (Å²) < 4.78 is 2.18. The van der Waals surface area contributed by atoms with Crippen LogP contribution >= 0.6 is 0 Å². The van der Waals surface area contributed by atoms with E-state index in [4.69, 9.17) is 0 Å². The van der Waals surface area contributed by atoms with Gasteiger partial charge < -0.3 is 9.36 Å². The minimum Gasteiger partial charge on any atom is -0.343 e. The lowest BCUT2D eigenvalue weighted by molar-refractivity contribution is -0.108. The summed E-state index contributed by atoms with van der Waals surface area (Å²) in [6.45, 7) is 6.67. The number of allylic oxidation sites excluding steroid dienone is 1.